The van der Waals surface area contributed by atoms with E-state index in [2.05, 4.69) is 25.2 Å². The van der Waals surface area contributed by atoms with Gasteiger partial charge < -0.3 is 10.2 Å². The maximum Gasteiger partial charge on any atom is 0.254 e. The molecule has 1 N–H and O–H groups in total. The van der Waals surface area contributed by atoms with Gasteiger partial charge in [0.15, 0.2) is 0 Å². The van der Waals surface area contributed by atoms with E-state index in [1.807, 2.05) is 40.6 Å². The maximum absolute atomic E-state index is 13.6. The van der Waals surface area contributed by atoms with Gasteiger partial charge in [0.2, 0.25) is 5.91 Å². The van der Waals surface area contributed by atoms with Crippen LogP contribution in [0, 0.1) is 5.92 Å². The van der Waals surface area contributed by atoms with Gasteiger partial charge in [0, 0.05) is 23.0 Å². The maximum atomic E-state index is 13.6. The van der Waals surface area contributed by atoms with E-state index in [0.29, 0.717) is 18.0 Å². The average Bonchev–Trinajstić information content (AvgIpc) is 3.24. The summed E-state index contributed by atoms with van der Waals surface area (Å²) in [5.74, 6) is 0.0513. The zero-order valence-electron chi connectivity index (χ0n) is 17.3. The third-order valence-electron chi connectivity index (χ3n) is 6.07. The van der Waals surface area contributed by atoms with Crippen LogP contribution in [0.4, 0.5) is 0 Å². The van der Waals surface area contributed by atoms with Crippen molar-refractivity contribution < 1.29 is 9.59 Å². The molecule has 0 radical (unpaired) electrons. The topological polar surface area (TPSA) is 49.4 Å². The van der Waals surface area contributed by atoms with E-state index in [4.69, 9.17) is 0 Å². The summed E-state index contributed by atoms with van der Waals surface area (Å²) in [4.78, 5) is 30.1. The van der Waals surface area contributed by atoms with Gasteiger partial charge in [0.05, 0.1) is 12.0 Å². The lowest BCUT2D eigenvalue weighted by molar-refractivity contribution is -0.125. The van der Waals surface area contributed by atoms with E-state index >= 15 is 0 Å². The Morgan fingerprint density at radius 2 is 1.90 bits per heavy atom. The van der Waals surface area contributed by atoms with Crippen LogP contribution >= 0.6 is 11.3 Å². The molecule has 2 aromatic rings. The van der Waals surface area contributed by atoms with E-state index in [-0.39, 0.29) is 29.8 Å². The normalized spacial score (nSPS) is 22.6. The van der Waals surface area contributed by atoms with Gasteiger partial charge in [-0.3, -0.25) is 9.59 Å². The number of benzene rings is 1. The second kappa shape index (κ2) is 8.70. The first kappa shape index (κ1) is 20.1. The molecule has 2 heterocycles. The molecule has 154 valence electrons. The van der Waals surface area contributed by atoms with E-state index in [0.717, 1.165) is 23.3 Å². The number of nitrogens with zero attached hydrogens (tertiary/aromatic N) is 1. The summed E-state index contributed by atoms with van der Waals surface area (Å²) in [5.41, 5.74) is 1.54. The Hall–Kier alpha value is -2.14. The van der Waals surface area contributed by atoms with Crippen molar-refractivity contribution in [1.29, 1.82) is 0 Å². The SMILES string of the molecule is CC(C)CN1C(=O)c2ccccc2[C@H](C(=O)NC2CCCCC2)[C@@H]1c1cccs1. The molecule has 1 aliphatic heterocycles. The molecular weight excluding hydrogens is 380 g/mol. The van der Waals surface area contributed by atoms with E-state index in [9.17, 15) is 9.59 Å². The zero-order chi connectivity index (χ0) is 20.4. The first-order chi connectivity index (χ1) is 14.1. The monoisotopic (exact) mass is 410 g/mol. The van der Waals surface area contributed by atoms with E-state index < -0.39 is 0 Å². The predicted molar refractivity (Wildman–Crippen MR) is 117 cm³/mol. The molecule has 2 atom stereocenters. The fourth-order valence-electron chi connectivity index (χ4n) is 4.78. The smallest absolute Gasteiger partial charge is 0.254 e. The molecule has 0 unspecified atom stereocenters. The van der Waals surface area contributed by atoms with Gasteiger partial charge in [0.25, 0.3) is 5.91 Å². The van der Waals surface area contributed by atoms with Crippen molar-refractivity contribution in [1.82, 2.24) is 10.2 Å². The summed E-state index contributed by atoms with van der Waals surface area (Å²) in [6.07, 6.45) is 5.72. The van der Waals surface area contributed by atoms with Gasteiger partial charge in [-0.25, -0.2) is 0 Å². The molecule has 1 fully saturated rings. The van der Waals surface area contributed by atoms with Crippen LogP contribution in [0.25, 0.3) is 0 Å². The third-order valence-corrected chi connectivity index (χ3v) is 7.01. The number of thiophene rings is 1. The van der Waals surface area contributed by atoms with Crippen LogP contribution < -0.4 is 5.32 Å². The Bertz CT molecular complexity index is 856. The van der Waals surface area contributed by atoms with Gasteiger partial charge >= 0.3 is 0 Å². The van der Waals surface area contributed by atoms with Crippen LogP contribution in [0.2, 0.25) is 0 Å². The van der Waals surface area contributed by atoms with Crippen LogP contribution in [0.15, 0.2) is 41.8 Å². The van der Waals surface area contributed by atoms with Crippen molar-refractivity contribution in [3.8, 4) is 0 Å². The quantitative estimate of drug-likeness (QED) is 0.742. The Morgan fingerprint density at radius 1 is 1.14 bits per heavy atom. The zero-order valence-corrected chi connectivity index (χ0v) is 18.1. The molecule has 4 rings (SSSR count). The Morgan fingerprint density at radius 3 is 2.59 bits per heavy atom. The lowest BCUT2D eigenvalue weighted by atomic mass is 9.80. The molecule has 0 saturated heterocycles. The van der Waals surface area contributed by atoms with Crippen LogP contribution in [0.1, 0.15) is 78.7 Å². The number of carbonyl (C=O) groups is 2. The fourth-order valence-corrected chi connectivity index (χ4v) is 5.66. The number of rotatable bonds is 5. The summed E-state index contributed by atoms with van der Waals surface area (Å²) in [7, 11) is 0. The molecule has 5 heteroatoms. The molecule has 1 aromatic carbocycles. The van der Waals surface area contributed by atoms with E-state index in [1.165, 1.54) is 19.3 Å². The summed E-state index contributed by atoms with van der Waals surface area (Å²) in [6.45, 7) is 4.88. The summed E-state index contributed by atoms with van der Waals surface area (Å²) >= 11 is 1.63. The van der Waals surface area contributed by atoms with Gasteiger partial charge in [-0.1, -0.05) is 57.4 Å². The van der Waals surface area contributed by atoms with Crippen LogP contribution in [-0.2, 0) is 4.79 Å². The van der Waals surface area contributed by atoms with Crippen molar-refractivity contribution >= 4 is 23.2 Å². The Balaban J connectivity index is 1.76. The molecule has 1 saturated carbocycles. The molecule has 2 aliphatic rings. The number of carbonyl (C=O) groups excluding carboxylic acids is 2. The second-order valence-corrected chi connectivity index (χ2v) is 9.70. The van der Waals surface area contributed by atoms with Crippen LogP contribution in [0.3, 0.4) is 0 Å². The van der Waals surface area contributed by atoms with Crippen molar-refractivity contribution in [3.05, 3.63) is 57.8 Å². The number of hydrogen-bond acceptors (Lipinski definition) is 3. The van der Waals surface area contributed by atoms with Crippen molar-refractivity contribution in [2.24, 2.45) is 5.92 Å². The largest absolute Gasteiger partial charge is 0.353 e. The van der Waals surface area contributed by atoms with Crippen molar-refractivity contribution in [2.45, 2.75) is 64.0 Å². The number of hydrogen-bond donors (Lipinski definition) is 1. The molecule has 0 spiro atoms. The number of nitrogens with one attached hydrogen (secondary N) is 1. The highest BCUT2D eigenvalue weighted by atomic mass is 32.1. The molecule has 2 amide bonds. The van der Waals surface area contributed by atoms with Gasteiger partial charge in [-0.2, -0.15) is 0 Å². The molecule has 29 heavy (non-hydrogen) atoms. The average molecular weight is 411 g/mol. The lowest BCUT2D eigenvalue weighted by Gasteiger charge is -2.42. The highest BCUT2D eigenvalue weighted by Crippen LogP contribution is 2.44. The van der Waals surface area contributed by atoms with Crippen LogP contribution in [0.5, 0.6) is 0 Å². The van der Waals surface area contributed by atoms with Gasteiger partial charge in [-0.05, 0) is 41.8 Å². The minimum Gasteiger partial charge on any atom is -0.353 e. The summed E-state index contributed by atoms with van der Waals surface area (Å²) in [6, 6.07) is 11.7. The summed E-state index contributed by atoms with van der Waals surface area (Å²) < 4.78 is 0. The first-order valence-electron chi connectivity index (χ1n) is 10.8. The minimum atomic E-state index is -0.372. The lowest BCUT2D eigenvalue weighted by Crippen LogP contribution is -2.50. The molecule has 1 aliphatic carbocycles. The standard InChI is InChI=1S/C24H30N2O2S/c1-16(2)15-26-22(20-13-8-14-29-20)21(18-11-6-7-12-19(18)24(26)28)23(27)25-17-9-4-3-5-10-17/h6-8,11-14,16-17,21-22H,3-5,9-10,15H2,1-2H3,(H,25,27)/t21-,22-/m0/s1. The number of fused-ring (bicyclic) bond motifs is 1. The minimum absolute atomic E-state index is 0.0365. The first-order valence-corrected chi connectivity index (χ1v) is 11.7. The Kier molecular flexibility index (Phi) is 6.04. The van der Waals surface area contributed by atoms with Crippen LogP contribution in [-0.4, -0.2) is 29.3 Å². The second-order valence-electron chi connectivity index (χ2n) is 8.72. The van der Waals surface area contributed by atoms with Crippen molar-refractivity contribution in [3.63, 3.8) is 0 Å². The Labute approximate surface area is 177 Å². The third kappa shape index (κ3) is 4.11. The van der Waals surface area contributed by atoms with E-state index in [1.54, 1.807) is 11.3 Å². The van der Waals surface area contributed by atoms with Gasteiger partial charge in [0.1, 0.15) is 0 Å². The molecule has 1 aromatic heterocycles. The summed E-state index contributed by atoms with van der Waals surface area (Å²) in [5, 5.41) is 5.37. The fraction of sp³-hybridized carbons (Fsp3) is 0.500. The van der Waals surface area contributed by atoms with Crippen molar-refractivity contribution in [2.75, 3.05) is 6.54 Å². The molecule has 4 nitrogen and oxygen atoms in total. The predicted octanol–water partition coefficient (Wildman–Crippen LogP) is 5.13. The molecular formula is C24H30N2O2S. The van der Waals surface area contributed by atoms with Gasteiger partial charge in [-0.15, -0.1) is 11.3 Å². The number of amides is 2. The highest BCUT2D eigenvalue weighted by Gasteiger charge is 2.44. The molecule has 0 bridgehead atoms. The highest BCUT2D eigenvalue weighted by molar-refractivity contribution is 7.10.